The van der Waals surface area contributed by atoms with Crippen LogP contribution in [0.1, 0.15) is 31.4 Å². The van der Waals surface area contributed by atoms with Crippen molar-refractivity contribution in [1.29, 1.82) is 0 Å². The number of halogens is 1. The zero-order valence-electron chi connectivity index (χ0n) is 11.6. The Morgan fingerprint density at radius 3 is 3.00 bits per heavy atom. The second kappa shape index (κ2) is 6.55. The summed E-state index contributed by atoms with van der Waals surface area (Å²) in [5, 5.41) is 14.9. The molecule has 1 aromatic heterocycles. The van der Waals surface area contributed by atoms with Crippen LogP contribution in [0.25, 0.3) is 5.57 Å². The summed E-state index contributed by atoms with van der Waals surface area (Å²) in [4.78, 5) is 2.12. The highest BCUT2D eigenvalue weighted by Gasteiger charge is 2.17. The molecule has 1 N–H and O–H groups in total. The maximum absolute atomic E-state index is 9.90. The van der Waals surface area contributed by atoms with Crippen LogP contribution < -0.4 is 0 Å². The number of aliphatic hydroxyl groups is 1. The van der Waals surface area contributed by atoms with E-state index in [1.54, 1.807) is 6.20 Å². The van der Waals surface area contributed by atoms with Gasteiger partial charge in [-0.25, -0.2) is 0 Å². The van der Waals surface area contributed by atoms with Gasteiger partial charge in [0.05, 0.1) is 29.6 Å². The molecule has 1 aromatic rings. The Bertz CT molecular complexity index is 454. The number of rotatable bonds is 4. The summed E-state index contributed by atoms with van der Waals surface area (Å²) in [5.74, 6) is 0. The molecule has 106 valence electrons. The van der Waals surface area contributed by atoms with Crippen LogP contribution in [-0.2, 0) is 6.54 Å². The van der Waals surface area contributed by atoms with Crippen molar-refractivity contribution in [1.82, 2.24) is 14.7 Å². The van der Waals surface area contributed by atoms with Crippen LogP contribution >= 0.6 is 11.6 Å². The van der Waals surface area contributed by atoms with Crippen molar-refractivity contribution in [3.05, 3.63) is 23.0 Å². The van der Waals surface area contributed by atoms with Crippen molar-refractivity contribution in [3.63, 3.8) is 0 Å². The molecule has 0 saturated carbocycles. The summed E-state index contributed by atoms with van der Waals surface area (Å²) in [6.45, 7) is 1.73. The first-order chi connectivity index (χ1) is 9.08. The first-order valence-corrected chi connectivity index (χ1v) is 7.21. The Labute approximate surface area is 119 Å². The zero-order valence-corrected chi connectivity index (χ0v) is 12.4. The predicted molar refractivity (Wildman–Crippen MR) is 78.2 cm³/mol. The van der Waals surface area contributed by atoms with Gasteiger partial charge in [0.2, 0.25) is 0 Å². The van der Waals surface area contributed by atoms with Gasteiger partial charge < -0.3 is 10.0 Å². The largest absolute Gasteiger partial charge is 0.389 e. The number of nitrogens with zero attached hydrogens (tertiary/aromatic N) is 3. The molecule has 1 atom stereocenters. The predicted octanol–water partition coefficient (Wildman–Crippen LogP) is 2.42. The number of aromatic nitrogens is 2. The summed E-state index contributed by atoms with van der Waals surface area (Å²) >= 11 is 6.28. The van der Waals surface area contributed by atoms with Gasteiger partial charge >= 0.3 is 0 Å². The average Bonchev–Trinajstić information content (AvgIpc) is 2.58. The molecular formula is C14H22ClN3O. The highest BCUT2D eigenvalue weighted by Crippen LogP contribution is 2.30. The van der Waals surface area contributed by atoms with E-state index in [0.717, 1.165) is 50.0 Å². The Balaban J connectivity index is 2.24. The van der Waals surface area contributed by atoms with Gasteiger partial charge in [-0.05, 0) is 38.9 Å². The van der Waals surface area contributed by atoms with E-state index in [4.69, 9.17) is 11.6 Å². The lowest BCUT2D eigenvalue weighted by molar-refractivity contribution is 0.211. The van der Waals surface area contributed by atoms with Crippen LogP contribution in [0, 0.1) is 0 Å². The number of hydrogen-bond donors (Lipinski definition) is 1. The maximum Gasteiger partial charge on any atom is 0.0862 e. The van der Waals surface area contributed by atoms with Gasteiger partial charge in [0.1, 0.15) is 0 Å². The second-order valence-electron chi connectivity index (χ2n) is 5.37. The summed E-state index contributed by atoms with van der Waals surface area (Å²) in [7, 11) is 4.08. The molecule has 4 nitrogen and oxygen atoms in total. The molecule has 2 rings (SSSR count). The van der Waals surface area contributed by atoms with Crippen LogP contribution in [0.2, 0.25) is 5.02 Å². The quantitative estimate of drug-likeness (QED) is 0.923. The minimum atomic E-state index is -0.356. The zero-order chi connectivity index (χ0) is 13.8. The van der Waals surface area contributed by atoms with Crippen molar-refractivity contribution in [2.24, 2.45) is 0 Å². The van der Waals surface area contributed by atoms with E-state index < -0.39 is 0 Å². The van der Waals surface area contributed by atoms with Crippen LogP contribution in [0.4, 0.5) is 0 Å². The van der Waals surface area contributed by atoms with E-state index in [-0.39, 0.29) is 6.10 Å². The lowest BCUT2D eigenvalue weighted by Crippen LogP contribution is -2.20. The van der Waals surface area contributed by atoms with Gasteiger partial charge in [0.15, 0.2) is 0 Å². The molecule has 0 bridgehead atoms. The summed E-state index contributed by atoms with van der Waals surface area (Å²) < 4.78 is 1.95. The third-order valence-electron chi connectivity index (χ3n) is 3.45. The molecule has 0 spiro atoms. The van der Waals surface area contributed by atoms with Crippen molar-refractivity contribution in [3.8, 4) is 0 Å². The lowest BCUT2D eigenvalue weighted by atomic mass is 10.1. The molecule has 0 saturated heterocycles. The summed E-state index contributed by atoms with van der Waals surface area (Å²) in [6.07, 6.45) is 7.25. The van der Waals surface area contributed by atoms with Crippen LogP contribution in [0.3, 0.4) is 0 Å². The lowest BCUT2D eigenvalue weighted by Gasteiger charge is -2.14. The van der Waals surface area contributed by atoms with E-state index in [0.29, 0.717) is 5.02 Å². The molecule has 1 aliphatic carbocycles. The molecule has 0 aromatic carbocycles. The minimum Gasteiger partial charge on any atom is -0.389 e. The fourth-order valence-corrected chi connectivity index (χ4v) is 2.67. The highest BCUT2D eigenvalue weighted by atomic mass is 35.5. The van der Waals surface area contributed by atoms with E-state index >= 15 is 0 Å². The molecule has 0 amide bonds. The monoisotopic (exact) mass is 283 g/mol. The number of likely N-dealkylation sites (N-methyl/N-ethyl adjacent to an activating group) is 1. The average molecular weight is 284 g/mol. The topological polar surface area (TPSA) is 41.3 Å². The van der Waals surface area contributed by atoms with E-state index in [1.165, 1.54) is 0 Å². The van der Waals surface area contributed by atoms with Crippen LogP contribution in [0.15, 0.2) is 12.3 Å². The minimum absolute atomic E-state index is 0.356. The first kappa shape index (κ1) is 14.6. The van der Waals surface area contributed by atoms with Crippen LogP contribution in [0.5, 0.6) is 0 Å². The van der Waals surface area contributed by atoms with Crippen molar-refractivity contribution in [2.75, 3.05) is 20.6 Å². The molecule has 19 heavy (non-hydrogen) atoms. The molecule has 0 fully saturated rings. The number of allylic oxidation sites excluding steroid dienone is 1. The highest BCUT2D eigenvalue weighted by molar-refractivity contribution is 6.32. The van der Waals surface area contributed by atoms with E-state index in [2.05, 4.69) is 10.00 Å². The van der Waals surface area contributed by atoms with Crippen molar-refractivity contribution >= 4 is 17.2 Å². The summed E-state index contributed by atoms with van der Waals surface area (Å²) in [6, 6.07) is 0. The van der Waals surface area contributed by atoms with Gasteiger partial charge in [-0.15, -0.1) is 0 Å². The molecule has 1 aliphatic rings. The standard InChI is InChI=1S/C14H22ClN3O/c1-17(2)7-8-18-14(13(15)10-16-18)11-5-3-4-6-12(19)9-11/h9-10,12,19H,3-8H2,1-2H3. The van der Waals surface area contributed by atoms with Crippen molar-refractivity contribution < 1.29 is 5.11 Å². The molecule has 5 heteroatoms. The van der Waals surface area contributed by atoms with Gasteiger partial charge in [-0.1, -0.05) is 24.1 Å². The van der Waals surface area contributed by atoms with E-state index in [9.17, 15) is 5.11 Å². The van der Waals surface area contributed by atoms with Crippen LogP contribution in [-0.4, -0.2) is 46.5 Å². The Hall–Kier alpha value is -0.840. The molecular weight excluding hydrogens is 262 g/mol. The Morgan fingerprint density at radius 2 is 2.26 bits per heavy atom. The van der Waals surface area contributed by atoms with E-state index in [1.807, 2.05) is 24.9 Å². The van der Waals surface area contributed by atoms with Gasteiger partial charge in [-0.3, -0.25) is 4.68 Å². The Kier molecular flexibility index (Phi) is 5.02. The third-order valence-corrected chi connectivity index (χ3v) is 3.72. The molecule has 1 heterocycles. The SMILES string of the molecule is CN(C)CCn1ncc(Cl)c1C1=CC(O)CCCC1. The molecule has 0 aliphatic heterocycles. The second-order valence-corrected chi connectivity index (χ2v) is 5.78. The normalized spacial score (nSPS) is 20.5. The van der Waals surface area contributed by atoms with Crippen molar-refractivity contribution in [2.45, 2.75) is 38.3 Å². The molecule has 0 radical (unpaired) electrons. The van der Waals surface area contributed by atoms with Gasteiger partial charge in [0.25, 0.3) is 0 Å². The smallest absolute Gasteiger partial charge is 0.0862 e. The van der Waals surface area contributed by atoms with Gasteiger partial charge in [-0.2, -0.15) is 5.10 Å². The number of aliphatic hydroxyl groups excluding tert-OH is 1. The maximum atomic E-state index is 9.90. The first-order valence-electron chi connectivity index (χ1n) is 6.83. The van der Waals surface area contributed by atoms with Gasteiger partial charge in [0, 0.05) is 6.54 Å². The third kappa shape index (κ3) is 3.81. The number of hydrogen-bond acceptors (Lipinski definition) is 3. The fourth-order valence-electron chi connectivity index (χ4n) is 2.41. The Morgan fingerprint density at radius 1 is 1.47 bits per heavy atom. The fraction of sp³-hybridized carbons (Fsp3) is 0.643. The molecule has 1 unspecified atom stereocenters. The summed E-state index contributed by atoms with van der Waals surface area (Å²) in [5.41, 5.74) is 2.11.